The first kappa shape index (κ1) is 38.6. The number of aromatic nitrogens is 4. The van der Waals surface area contributed by atoms with Gasteiger partial charge in [0.05, 0.1) is 37.9 Å². The average molecular weight is 730 g/mol. The molecule has 292 valence electrons. The molecule has 9 heteroatoms. The number of carboxylic acid groups (broad SMARTS) is 1. The second-order valence-electron chi connectivity index (χ2n) is 20.8. The fourth-order valence-electron chi connectivity index (χ4n) is 12.8. The Morgan fingerprint density at radius 2 is 1.83 bits per heavy atom. The van der Waals surface area contributed by atoms with Gasteiger partial charge in [0.15, 0.2) is 5.82 Å². The summed E-state index contributed by atoms with van der Waals surface area (Å²) in [5, 5.41) is 16.1. The molecule has 3 heterocycles. The Morgan fingerprint density at radius 1 is 1.09 bits per heavy atom. The predicted molar refractivity (Wildman–Crippen MR) is 208 cm³/mol. The first-order valence-electron chi connectivity index (χ1n) is 20.4. The second-order valence-corrected chi connectivity index (χ2v) is 20.8. The summed E-state index contributed by atoms with van der Waals surface area (Å²) in [4.78, 5) is 22.8. The smallest absolute Gasteiger partial charge is 0.307 e. The van der Waals surface area contributed by atoms with Gasteiger partial charge in [-0.1, -0.05) is 80.9 Å². The molecule has 1 saturated heterocycles. The van der Waals surface area contributed by atoms with Gasteiger partial charge in [0.25, 0.3) is 0 Å². The molecule has 3 saturated carbocycles. The van der Waals surface area contributed by atoms with Crippen molar-refractivity contribution >= 4 is 5.97 Å². The van der Waals surface area contributed by atoms with Crippen LogP contribution in [0.4, 0.5) is 0 Å². The molecule has 2 aromatic rings. The quantitative estimate of drug-likeness (QED) is 0.259. The van der Waals surface area contributed by atoms with Crippen LogP contribution in [0.15, 0.2) is 42.5 Å². The zero-order valence-corrected chi connectivity index (χ0v) is 34.4. The van der Waals surface area contributed by atoms with E-state index in [2.05, 4.69) is 91.9 Å². The van der Waals surface area contributed by atoms with E-state index in [9.17, 15) is 9.90 Å². The van der Waals surface area contributed by atoms with Crippen molar-refractivity contribution in [2.45, 2.75) is 132 Å². The van der Waals surface area contributed by atoms with E-state index < -0.39 is 17.4 Å². The largest absolute Gasteiger partial charge is 0.481 e. The van der Waals surface area contributed by atoms with Gasteiger partial charge in [0.1, 0.15) is 6.33 Å². The van der Waals surface area contributed by atoms with Crippen LogP contribution >= 0.6 is 0 Å². The topological polar surface area (TPSA) is 125 Å². The summed E-state index contributed by atoms with van der Waals surface area (Å²) in [6.07, 6.45) is 13.3. The lowest BCUT2D eigenvalue weighted by Gasteiger charge is -2.71. The van der Waals surface area contributed by atoms with Gasteiger partial charge in [0, 0.05) is 34.3 Å². The van der Waals surface area contributed by atoms with Gasteiger partial charge in [-0.25, -0.2) is 9.67 Å². The lowest BCUT2D eigenvalue weighted by Crippen LogP contribution is -2.69. The number of carboxylic acids is 1. The summed E-state index contributed by atoms with van der Waals surface area (Å²) in [7, 11) is 0. The van der Waals surface area contributed by atoms with E-state index in [1.165, 1.54) is 5.57 Å². The Morgan fingerprint density at radius 3 is 2.47 bits per heavy atom. The van der Waals surface area contributed by atoms with Crippen LogP contribution in [0.25, 0.3) is 11.4 Å². The number of aliphatic carboxylic acids is 1. The molecule has 12 atom stereocenters. The molecule has 4 fully saturated rings. The van der Waals surface area contributed by atoms with Crippen molar-refractivity contribution in [1.82, 2.24) is 19.7 Å². The molecule has 0 aromatic carbocycles. The molecule has 5 aliphatic rings. The lowest BCUT2D eigenvalue weighted by atomic mass is 9.34. The minimum atomic E-state index is -0.625. The Bertz CT molecular complexity index is 1730. The van der Waals surface area contributed by atoms with Crippen molar-refractivity contribution in [3.05, 3.63) is 42.5 Å². The summed E-state index contributed by atoms with van der Waals surface area (Å²) < 4.78 is 16.1. The molecular formula is C44H67N5O4. The van der Waals surface area contributed by atoms with Crippen molar-refractivity contribution in [2.24, 2.45) is 67.8 Å². The minimum Gasteiger partial charge on any atom is -0.481 e. The number of carbonyl (C=O) groups is 1. The number of fused-ring (bicyclic) bond motifs is 3. The molecule has 3 N–H and O–H groups in total. The van der Waals surface area contributed by atoms with Crippen LogP contribution in [0.3, 0.4) is 0 Å². The molecule has 9 nitrogen and oxygen atoms in total. The molecule has 0 radical (unpaired) electrons. The highest BCUT2D eigenvalue weighted by molar-refractivity contribution is 5.73. The van der Waals surface area contributed by atoms with Crippen LogP contribution in [0.2, 0.25) is 0 Å². The van der Waals surface area contributed by atoms with Gasteiger partial charge < -0.3 is 20.3 Å². The average Bonchev–Trinajstić information content (AvgIpc) is 3.57. The lowest BCUT2D eigenvalue weighted by molar-refractivity contribution is -0.253. The first-order valence-corrected chi connectivity index (χ1v) is 20.4. The molecule has 0 spiro atoms. The van der Waals surface area contributed by atoms with Crippen LogP contribution in [-0.2, 0) is 14.3 Å². The van der Waals surface area contributed by atoms with Gasteiger partial charge in [-0.05, 0) is 103 Å². The first-order chi connectivity index (χ1) is 24.7. The summed E-state index contributed by atoms with van der Waals surface area (Å²) in [5.74, 6) is 1.09. The zero-order chi connectivity index (χ0) is 38.6. The molecule has 0 amide bonds. The van der Waals surface area contributed by atoms with Gasteiger partial charge in [-0.2, -0.15) is 5.10 Å². The maximum Gasteiger partial charge on any atom is 0.307 e. The van der Waals surface area contributed by atoms with E-state index in [1.54, 1.807) is 12.5 Å². The number of nitrogens with two attached hydrogens (primary N) is 1. The summed E-state index contributed by atoms with van der Waals surface area (Å²) >= 11 is 0. The number of rotatable bonds is 8. The number of allylic oxidation sites excluding steroid dienone is 1. The van der Waals surface area contributed by atoms with E-state index in [4.69, 9.17) is 25.3 Å². The third kappa shape index (κ3) is 5.47. The molecule has 53 heavy (non-hydrogen) atoms. The molecule has 7 rings (SSSR count). The van der Waals surface area contributed by atoms with Gasteiger partial charge in [0.2, 0.25) is 0 Å². The highest BCUT2D eigenvalue weighted by Gasteiger charge is 2.72. The molecule has 1 unspecified atom stereocenters. The number of ether oxygens (including phenoxy) is 2. The third-order valence-corrected chi connectivity index (χ3v) is 17.2. The van der Waals surface area contributed by atoms with Crippen molar-refractivity contribution in [3.8, 4) is 11.4 Å². The fraction of sp³-hybridized carbons (Fsp3) is 0.773. The van der Waals surface area contributed by atoms with Gasteiger partial charge >= 0.3 is 5.97 Å². The van der Waals surface area contributed by atoms with Gasteiger partial charge in [-0.15, -0.1) is 0 Å². The maximum absolute atomic E-state index is 13.6. The monoisotopic (exact) mass is 730 g/mol. The van der Waals surface area contributed by atoms with E-state index in [0.29, 0.717) is 37.6 Å². The standard InChI is InChI=1S/C44H67N5O4/c1-27(2)28(3)39(7)18-19-41(9)30-14-15-33-40(8)23-52-25-44(33,31(30)16-17-42(41,10)34(39)37(50)51)21-32(35(40)53-24-43(11,45)38(4,5)6)49-36(47-26-48-49)29-13-12-20-46-22-29/h12-13,16,20,22,26-28,30,32-35H,14-15,17-19,21,23-25,45H2,1-11H3,(H,50,51)/t28-,30+,32-,33+,34-,35+,39-,40+,41-,42+,43+,44?/m1/s1. The Balaban J connectivity index is 1.35. The highest BCUT2D eigenvalue weighted by Crippen LogP contribution is 2.75. The van der Waals surface area contributed by atoms with E-state index in [0.717, 1.165) is 49.9 Å². The Labute approximate surface area is 318 Å². The molecule has 2 bridgehead atoms. The van der Waals surface area contributed by atoms with Crippen molar-refractivity contribution < 1.29 is 19.4 Å². The molecule has 1 aliphatic heterocycles. The van der Waals surface area contributed by atoms with Crippen molar-refractivity contribution in [3.63, 3.8) is 0 Å². The summed E-state index contributed by atoms with van der Waals surface area (Å²) in [6, 6.07) is 3.87. The minimum absolute atomic E-state index is 0.123. The molecular weight excluding hydrogens is 663 g/mol. The van der Waals surface area contributed by atoms with Crippen molar-refractivity contribution in [2.75, 3.05) is 19.8 Å². The van der Waals surface area contributed by atoms with Crippen LogP contribution < -0.4 is 5.73 Å². The Hall–Kier alpha value is -2.62. The number of pyridine rings is 1. The summed E-state index contributed by atoms with van der Waals surface area (Å²) in [6.45, 7) is 26.6. The summed E-state index contributed by atoms with van der Waals surface area (Å²) in [5.41, 5.74) is 7.37. The highest BCUT2D eigenvalue weighted by atomic mass is 16.5. The fourth-order valence-corrected chi connectivity index (χ4v) is 12.8. The molecule has 4 aliphatic carbocycles. The van der Waals surface area contributed by atoms with E-state index >= 15 is 0 Å². The van der Waals surface area contributed by atoms with Gasteiger partial charge in [-0.3, -0.25) is 9.78 Å². The normalized spacial score (nSPS) is 41.4. The number of nitrogens with zero attached hydrogens (tertiary/aromatic N) is 4. The van der Waals surface area contributed by atoms with Crippen LogP contribution in [-0.4, -0.2) is 62.3 Å². The molecule has 2 aromatic heterocycles. The van der Waals surface area contributed by atoms with Crippen LogP contribution in [0, 0.1) is 62.1 Å². The second kappa shape index (κ2) is 12.7. The van der Waals surface area contributed by atoms with E-state index in [-0.39, 0.29) is 50.6 Å². The van der Waals surface area contributed by atoms with E-state index in [1.807, 2.05) is 18.3 Å². The number of hydrogen-bond acceptors (Lipinski definition) is 7. The number of hydrogen-bond donors (Lipinski definition) is 2. The predicted octanol–water partition coefficient (Wildman–Crippen LogP) is 8.62. The Kier molecular flexibility index (Phi) is 9.26. The maximum atomic E-state index is 13.6. The van der Waals surface area contributed by atoms with Crippen LogP contribution in [0.5, 0.6) is 0 Å². The SMILES string of the molecule is CC(C)[C@@H](C)[C@@]1(C)CC[C@]2(C)[C@H]3CC[C@@H]4C5(COC[C@]4(C)[C@@H](OC[C@](C)(N)C(C)(C)C)[C@H](n4ncnc4-c4cccnc4)C5)C3=CC[C@@]2(C)[C@@H]1C(=O)O. The van der Waals surface area contributed by atoms with Crippen LogP contribution in [0.1, 0.15) is 121 Å². The third-order valence-electron chi connectivity index (χ3n) is 17.2. The van der Waals surface area contributed by atoms with Crippen molar-refractivity contribution in [1.29, 1.82) is 0 Å². The zero-order valence-electron chi connectivity index (χ0n) is 34.4.